The molecule has 19 heavy (non-hydrogen) atoms. The van der Waals surface area contributed by atoms with Crippen molar-refractivity contribution in [2.75, 3.05) is 6.61 Å². The highest BCUT2D eigenvalue weighted by Gasteiger charge is 2.17. The summed E-state index contributed by atoms with van der Waals surface area (Å²) in [7, 11) is 0. The number of esters is 1. The Hall–Kier alpha value is -2.18. The van der Waals surface area contributed by atoms with Crippen molar-refractivity contribution in [1.29, 1.82) is 0 Å². The maximum absolute atomic E-state index is 11.7. The number of ether oxygens (including phenoxy) is 1. The second-order valence-electron chi connectivity index (χ2n) is 4.22. The summed E-state index contributed by atoms with van der Waals surface area (Å²) in [5, 5.41) is 12.0. The van der Waals surface area contributed by atoms with Gasteiger partial charge in [-0.05, 0) is 26.3 Å². The van der Waals surface area contributed by atoms with Crippen LogP contribution in [0.3, 0.4) is 0 Å². The van der Waals surface area contributed by atoms with Gasteiger partial charge in [0.05, 0.1) is 19.3 Å². The zero-order valence-corrected chi connectivity index (χ0v) is 11.3. The lowest BCUT2D eigenvalue weighted by molar-refractivity contribution is 0.0505. The van der Waals surface area contributed by atoms with Gasteiger partial charge in [0.1, 0.15) is 5.82 Å². The first-order chi connectivity index (χ1) is 9.11. The first-order valence-electron chi connectivity index (χ1n) is 6.17. The molecule has 0 atom stereocenters. The summed E-state index contributed by atoms with van der Waals surface area (Å²) in [5.74, 6) is 0.481. The highest BCUT2D eigenvalue weighted by molar-refractivity contribution is 5.85. The zero-order chi connectivity index (χ0) is 13.8. The third-order valence-electron chi connectivity index (χ3n) is 2.71. The maximum Gasteiger partial charge on any atom is 0.376 e. The van der Waals surface area contributed by atoms with Gasteiger partial charge in [-0.25, -0.2) is 4.79 Å². The Morgan fingerprint density at radius 3 is 2.74 bits per heavy atom. The molecule has 0 fully saturated rings. The Bertz CT molecular complexity index is 572. The molecule has 0 N–H and O–H groups in total. The Kier molecular flexibility index (Phi) is 3.94. The molecule has 2 heterocycles. The quantitative estimate of drug-likeness (QED) is 0.751. The topological polar surface area (TPSA) is 74.8 Å². The van der Waals surface area contributed by atoms with E-state index in [0.29, 0.717) is 25.5 Å². The van der Waals surface area contributed by atoms with Crippen LogP contribution in [0.25, 0.3) is 0 Å². The maximum atomic E-state index is 11.7. The van der Waals surface area contributed by atoms with E-state index in [4.69, 9.17) is 4.74 Å². The number of carbonyl (C=O) groups excluding carboxylic acids is 1. The minimum atomic E-state index is -0.445. The standard InChI is InChI=1S/C12H17N5O2/c1-4-19-12(18)11-15-14-10(3)17(11)6-5-16-8-9(2)7-13-16/h7-8H,4-6H2,1-3H3. The molecule has 0 unspecified atom stereocenters. The van der Waals surface area contributed by atoms with Crippen LogP contribution in [0.2, 0.25) is 0 Å². The van der Waals surface area contributed by atoms with Crippen LogP contribution in [-0.2, 0) is 17.8 Å². The largest absolute Gasteiger partial charge is 0.460 e. The second kappa shape index (κ2) is 5.64. The molecule has 0 saturated carbocycles. The Morgan fingerprint density at radius 2 is 2.11 bits per heavy atom. The summed E-state index contributed by atoms with van der Waals surface area (Å²) < 4.78 is 8.52. The molecule has 0 spiro atoms. The van der Waals surface area contributed by atoms with Crippen LogP contribution in [0.4, 0.5) is 0 Å². The molecule has 102 valence electrons. The number of hydrogen-bond acceptors (Lipinski definition) is 5. The van der Waals surface area contributed by atoms with Crippen LogP contribution in [0, 0.1) is 13.8 Å². The summed E-state index contributed by atoms with van der Waals surface area (Å²) in [4.78, 5) is 11.7. The lowest BCUT2D eigenvalue weighted by Crippen LogP contribution is -2.17. The van der Waals surface area contributed by atoms with Gasteiger partial charge < -0.3 is 9.30 Å². The van der Waals surface area contributed by atoms with Crippen molar-refractivity contribution >= 4 is 5.97 Å². The van der Waals surface area contributed by atoms with Crippen LogP contribution in [-0.4, -0.2) is 37.1 Å². The second-order valence-corrected chi connectivity index (χ2v) is 4.22. The van der Waals surface area contributed by atoms with E-state index in [-0.39, 0.29) is 5.82 Å². The van der Waals surface area contributed by atoms with Gasteiger partial charge in [-0.1, -0.05) is 0 Å². The molecule has 0 radical (unpaired) electrons. The number of hydrogen-bond donors (Lipinski definition) is 0. The van der Waals surface area contributed by atoms with E-state index in [1.54, 1.807) is 17.7 Å². The van der Waals surface area contributed by atoms with E-state index in [9.17, 15) is 4.79 Å². The summed E-state index contributed by atoms with van der Waals surface area (Å²) in [5.41, 5.74) is 1.10. The normalized spacial score (nSPS) is 10.7. The SMILES string of the molecule is CCOC(=O)c1nnc(C)n1CCn1cc(C)cn1. The van der Waals surface area contributed by atoms with E-state index in [2.05, 4.69) is 15.3 Å². The average molecular weight is 263 g/mol. The monoisotopic (exact) mass is 263 g/mol. The van der Waals surface area contributed by atoms with E-state index < -0.39 is 5.97 Å². The van der Waals surface area contributed by atoms with Crippen LogP contribution in [0.5, 0.6) is 0 Å². The predicted octanol–water partition coefficient (Wildman–Crippen LogP) is 0.968. The molecule has 0 aliphatic rings. The fourth-order valence-corrected chi connectivity index (χ4v) is 1.79. The van der Waals surface area contributed by atoms with E-state index >= 15 is 0 Å². The van der Waals surface area contributed by atoms with E-state index in [1.165, 1.54) is 0 Å². The molecule has 0 bridgehead atoms. The number of rotatable bonds is 5. The Balaban J connectivity index is 2.11. The van der Waals surface area contributed by atoms with Gasteiger partial charge >= 0.3 is 5.97 Å². The van der Waals surface area contributed by atoms with Gasteiger partial charge in [0.15, 0.2) is 0 Å². The van der Waals surface area contributed by atoms with Crippen molar-refractivity contribution in [3.8, 4) is 0 Å². The summed E-state index contributed by atoms with van der Waals surface area (Å²) in [6.07, 6.45) is 3.75. The third kappa shape index (κ3) is 2.98. The minimum Gasteiger partial charge on any atom is -0.460 e. The average Bonchev–Trinajstić information content (AvgIpc) is 2.94. The lowest BCUT2D eigenvalue weighted by Gasteiger charge is -2.08. The van der Waals surface area contributed by atoms with Crippen molar-refractivity contribution in [2.45, 2.75) is 33.9 Å². The minimum absolute atomic E-state index is 0.239. The molecule has 2 aromatic heterocycles. The van der Waals surface area contributed by atoms with Gasteiger partial charge in [0.25, 0.3) is 0 Å². The molecular weight excluding hydrogens is 246 g/mol. The van der Waals surface area contributed by atoms with Crippen LogP contribution in [0.1, 0.15) is 28.9 Å². The summed E-state index contributed by atoms with van der Waals surface area (Å²) in [6.45, 7) is 7.11. The Morgan fingerprint density at radius 1 is 1.32 bits per heavy atom. The van der Waals surface area contributed by atoms with Crippen molar-refractivity contribution in [3.05, 3.63) is 29.6 Å². The number of nitrogens with zero attached hydrogens (tertiary/aromatic N) is 5. The third-order valence-corrected chi connectivity index (χ3v) is 2.71. The van der Waals surface area contributed by atoms with Crippen LogP contribution < -0.4 is 0 Å². The molecule has 0 saturated heterocycles. The van der Waals surface area contributed by atoms with Gasteiger partial charge in [0.2, 0.25) is 5.82 Å². The summed E-state index contributed by atoms with van der Waals surface area (Å²) >= 11 is 0. The molecular formula is C12H17N5O2. The van der Waals surface area contributed by atoms with Gasteiger partial charge in [-0.3, -0.25) is 4.68 Å². The fraction of sp³-hybridized carbons (Fsp3) is 0.500. The predicted molar refractivity (Wildman–Crippen MR) is 67.7 cm³/mol. The summed E-state index contributed by atoms with van der Waals surface area (Å²) in [6, 6.07) is 0. The van der Waals surface area contributed by atoms with E-state index in [1.807, 2.05) is 24.7 Å². The first-order valence-corrected chi connectivity index (χ1v) is 6.17. The molecule has 0 aromatic carbocycles. The van der Waals surface area contributed by atoms with Crippen molar-refractivity contribution in [2.24, 2.45) is 0 Å². The number of carbonyl (C=O) groups is 1. The number of aromatic nitrogens is 5. The van der Waals surface area contributed by atoms with Gasteiger partial charge in [-0.15, -0.1) is 10.2 Å². The molecule has 2 rings (SSSR count). The molecule has 2 aromatic rings. The van der Waals surface area contributed by atoms with Crippen LogP contribution >= 0.6 is 0 Å². The highest BCUT2D eigenvalue weighted by Crippen LogP contribution is 2.04. The lowest BCUT2D eigenvalue weighted by atomic mass is 10.4. The van der Waals surface area contributed by atoms with E-state index in [0.717, 1.165) is 5.56 Å². The van der Waals surface area contributed by atoms with Crippen molar-refractivity contribution in [3.63, 3.8) is 0 Å². The highest BCUT2D eigenvalue weighted by atomic mass is 16.5. The van der Waals surface area contributed by atoms with Crippen molar-refractivity contribution < 1.29 is 9.53 Å². The molecule has 0 aliphatic carbocycles. The van der Waals surface area contributed by atoms with Crippen LogP contribution in [0.15, 0.2) is 12.4 Å². The fourth-order valence-electron chi connectivity index (χ4n) is 1.79. The van der Waals surface area contributed by atoms with Gasteiger partial charge in [-0.2, -0.15) is 5.10 Å². The molecule has 0 amide bonds. The van der Waals surface area contributed by atoms with Gasteiger partial charge in [0, 0.05) is 12.7 Å². The first kappa shape index (κ1) is 13.3. The molecule has 7 nitrogen and oxygen atoms in total. The molecule has 0 aliphatic heterocycles. The molecule has 7 heteroatoms. The number of aryl methyl sites for hydroxylation is 3. The smallest absolute Gasteiger partial charge is 0.376 e. The zero-order valence-electron chi connectivity index (χ0n) is 11.3. The van der Waals surface area contributed by atoms with Crippen molar-refractivity contribution in [1.82, 2.24) is 24.5 Å². The Labute approximate surface area is 111 Å².